The van der Waals surface area contributed by atoms with E-state index in [1.165, 1.54) is 66.1 Å². The predicted molar refractivity (Wildman–Crippen MR) is 223 cm³/mol. The van der Waals surface area contributed by atoms with Gasteiger partial charge in [-0.3, -0.25) is 4.57 Å². The second kappa shape index (κ2) is 12.9. The van der Waals surface area contributed by atoms with Crippen LogP contribution in [0.15, 0.2) is 206 Å². The number of para-hydroxylation sites is 2. The third kappa shape index (κ3) is 5.40. The lowest BCUT2D eigenvalue weighted by molar-refractivity contribution is 1.10. The molecule has 0 saturated heterocycles. The van der Waals surface area contributed by atoms with Crippen LogP contribution in [-0.4, -0.2) is 9.55 Å². The summed E-state index contributed by atoms with van der Waals surface area (Å²) in [7, 11) is 0. The lowest BCUT2D eigenvalue weighted by atomic mass is 9.84. The summed E-state index contributed by atoms with van der Waals surface area (Å²) in [4.78, 5) is 5.09. The SMILES string of the molecule is c1ccc(-c2ccc3c(-c4ccc(-n5c(-c6ccccc6)nc6ccccc65)cc4)c4cc(-c5ccccc5)ccc4c(-c4ccccc4)c3c2)cc1. The van der Waals surface area contributed by atoms with Crippen LogP contribution in [0, 0.1) is 0 Å². The first-order valence-electron chi connectivity index (χ1n) is 18.1. The number of hydrogen-bond donors (Lipinski definition) is 0. The predicted octanol–water partition coefficient (Wildman–Crippen LogP) is 13.7. The standard InChI is InChI=1S/C51H34N2/c1-5-15-35(16-6-1)40-28-32-44-45(33-40)49(37-19-9-3-10-20-37)43-31-27-41(36-17-7-2-8-18-36)34-46(43)50(44)38-25-29-42(30-26-38)53-48-24-14-13-23-47(48)52-51(53)39-21-11-4-12-22-39/h1-34H. The minimum atomic E-state index is 0.934. The molecule has 0 spiro atoms. The minimum Gasteiger partial charge on any atom is -0.292 e. The Morgan fingerprint density at radius 3 is 1.25 bits per heavy atom. The van der Waals surface area contributed by atoms with Crippen molar-refractivity contribution in [3.63, 3.8) is 0 Å². The fourth-order valence-corrected chi connectivity index (χ4v) is 7.92. The fourth-order valence-electron chi connectivity index (χ4n) is 7.92. The molecular weight excluding hydrogens is 641 g/mol. The molecule has 0 aliphatic carbocycles. The molecule has 0 fully saturated rings. The van der Waals surface area contributed by atoms with Gasteiger partial charge < -0.3 is 0 Å². The summed E-state index contributed by atoms with van der Waals surface area (Å²) >= 11 is 0. The molecule has 0 bridgehead atoms. The Labute approximate surface area is 308 Å². The topological polar surface area (TPSA) is 17.8 Å². The smallest absolute Gasteiger partial charge is 0.145 e. The molecule has 0 radical (unpaired) electrons. The number of fused-ring (bicyclic) bond motifs is 3. The highest BCUT2D eigenvalue weighted by molar-refractivity contribution is 6.22. The first-order valence-corrected chi connectivity index (χ1v) is 18.1. The number of rotatable bonds is 6. The normalized spacial score (nSPS) is 11.4. The van der Waals surface area contributed by atoms with Crippen LogP contribution in [0.2, 0.25) is 0 Å². The zero-order valence-corrected chi connectivity index (χ0v) is 29.0. The zero-order valence-electron chi connectivity index (χ0n) is 29.0. The summed E-state index contributed by atoms with van der Waals surface area (Å²) in [5.41, 5.74) is 13.9. The molecule has 0 N–H and O–H groups in total. The van der Waals surface area contributed by atoms with Gasteiger partial charge >= 0.3 is 0 Å². The molecule has 0 atom stereocenters. The van der Waals surface area contributed by atoms with E-state index in [9.17, 15) is 0 Å². The molecule has 0 saturated carbocycles. The van der Waals surface area contributed by atoms with Gasteiger partial charge in [0.25, 0.3) is 0 Å². The number of nitrogens with zero attached hydrogens (tertiary/aromatic N) is 2. The molecule has 0 amide bonds. The van der Waals surface area contributed by atoms with Crippen molar-refractivity contribution in [3.05, 3.63) is 206 Å². The third-order valence-electron chi connectivity index (χ3n) is 10.4. The van der Waals surface area contributed by atoms with Crippen LogP contribution in [0.1, 0.15) is 0 Å². The Morgan fingerprint density at radius 1 is 0.302 bits per heavy atom. The van der Waals surface area contributed by atoms with Crippen LogP contribution in [-0.2, 0) is 0 Å². The van der Waals surface area contributed by atoms with E-state index in [0.717, 1.165) is 28.1 Å². The van der Waals surface area contributed by atoms with Gasteiger partial charge in [0.05, 0.1) is 11.0 Å². The Balaban J connectivity index is 1.25. The second-order valence-corrected chi connectivity index (χ2v) is 13.5. The number of hydrogen-bond acceptors (Lipinski definition) is 1. The lowest BCUT2D eigenvalue weighted by Crippen LogP contribution is -1.98. The largest absolute Gasteiger partial charge is 0.292 e. The van der Waals surface area contributed by atoms with Gasteiger partial charge in [-0.15, -0.1) is 0 Å². The van der Waals surface area contributed by atoms with Gasteiger partial charge in [-0.05, 0) is 102 Å². The minimum absolute atomic E-state index is 0.934. The number of imidazole rings is 1. The summed E-state index contributed by atoms with van der Waals surface area (Å²) in [5, 5.41) is 4.94. The summed E-state index contributed by atoms with van der Waals surface area (Å²) in [5.74, 6) is 0.934. The molecule has 248 valence electrons. The van der Waals surface area contributed by atoms with Gasteiger partial charge in [0, 0.05) is 11.3 Å². The van der Waals surface area contributed by atoms with Gasteiger partial charge in [0.2, 0.25) is 0 Å². The van der Waals surface area contributed by atoms with Crippen molar-refractivity contribution < 1.29 is 0 Å². The average molecular weight is 675 g/mol. The van der Waals surface area contributed by atoms with Crippen LogP contribution < -0.4 is 0 Å². The fraction of sp³-hybridized carbons (Fsp3) is 0. The van der Waals surface area contributed by atoms with Crippen molar-refractivity contribution in [3.8, 4) is 61.6 Å². The maximum atomic E-state index is 5.09. The van der Waals surface area contributed by atoms with Crippen LogP contribution >= 0.6 is 0 Å². The zero-order chi connectivity index (χ0) is 35.1. The quantitative estimate of drug-likeness (QED) is 0.161. The molecule has 0 aliphatic rings. The van der Waals surface area contributed by atoms with Crippen molar-refractivity contribution in [2.45, 2.75) is 0 Å². The summed E-state index contributed by atoms with van der Waals surface area (Å²) in [6.45, 7) is 0. The summed E-state index contributed by atoms with van der Waals surface area (Å²) < 4.78 is 2.28. The summed E-state index contributed by atoms with van der Waals surface area (Å²) in [6.07, 6.45) is 0. The highest BCUT2D eigenvalue weighted by Gasteiger charge is 2.20. The molecule has 2 heteroatoms. The van der Waals surface area contributed by atoms with E-state index in [-0.39, 0.29) is 0 Å². The molecule has 0 aliphatic heterocycles. The van der Waals surface area contributed by atoms with E-state index in [1.807, 2.05) is 0 Å². The maximum Gasteiger partial charge on any atom is 0.145 e. The Bertz CT molecular complexity index is 2890. The molecule has 1 heterocycles. The van der Waals surface area contributed by atoms with Crippen LogP contribution in [0.3, 0.4) is 0 Å². The van der Waals surface area contributed by atoms with Crippen molar-refractivity contribution >= 4 is 32.6 Å². The number of aromatic nitrogens is 2. The molecular formula is C51H34N2. The van der Waals surface area contributed by atoms with E-state index in [4.69, 9.17) is 4.98 Å². The summed E-state index contributed by atoms with van der Waals surface area (Å²) in [6, 6.07) is 74.2. The molecule has 9 aromatic carbocycles. The first kappa shape index (κ1) is 30.8. The van der Waals surface area contributed by atoms with Gasteiger partial charge in [-0.2, -0.15) is 0 Å². The second-order valence-electron chi connectivity index (χ2n) is 13.5. The van der Waals surface area contributed by atoms with E-state index >= 15 is 0 Å². The molecule has 2 nitrogen and oxygen atoms in total. The third-order valence-corrected chi connectivity index (χ3v) is 10.4. The van der Waals surface area contributed by atoms with E-state index in [2.05, 4.69) is 211 Å². The Kier molecular flexibility index (Phi) is 7.51. The molecule has 1 aromatic heterocycles. The van der Waals surface area contributed by atoms with Crippen molar-refractivity contribution in [1.82, 2.24) is 9.55 Å². The van der Waals surface area contributed by atoms with Gasteiger partial charge in [-0.1, -0.05) is 170 Å². The van der Waals surface area contributed by atoms with Crippen molar-refractivity contribution in [2.24, 2.45) is 0 Å². The molecule has 10 aromatic rings. The van der Waals surface area contributed by atoms with Gasteiger partial charge in [0.15, 0.2) is 0 Å². The van der Waals surface area contributed by atoms with Crippen molar-refractivity contribution in [2.75, 3.05) is 0 Å². The molecule has 10 rings (SSSR count). The first-order chi connectivity index (χ1) is 26.3. The van der Waals surface area contributed by atoms with Crippen LogP contribution in [0.25, 0.3) is 94.2 Å². The van der Waals surface area contributed by atoms with Crippen LogP contribution in [0.4, 0.5) is 0 Å². The van der Waals surface area contributed by atoms with Crippen LogP contribution in [0.5, 0.6) is 0 Å². The van der Waals surface area contributed by atoms with Gasteiger partial charge in [0.1, 0.15) is 5.82 Å². The Morgan fingerprint density at radius 2 is 0.717 bits per heavy atom. The lowest BCUT2D eigenvalue weighted by Gasteiger charge is -2.20. The van der Waals surface area contributed by atoms with E-state index in [1.54, 1.807) is 0 Å². The Hall–Kier alpha value is -7.03. The highest BCUT2D eigenvalue weighted by atomic mass is 15.1. The monoisotopic (exact) mass is 674 g/mol. The molecule has 53 heavy (non-hydrogen) atoms. The van der Waals surface area contributed by atoms with E-state index < -0.39 is 0 Å². The van der Waals surface area contributed by atoms with E-state index in [0.29, 0.717) is 0 Å². The molecule has 0 unspecified atom stereocenters. The van der Waals surface area contributed by atoms with Crippen molar-refractivity contribution in [1.29, 1.82) is 0 Å². The number of benzene rings is 9. The average Bonchev–Trinajstić information content (AvgIpc) is 3.63. The highest BCUT2D eigenvalue weighted by Crippen LogP contribution is 2.46. The maximum absolute atomic E-state index is 5.09. The van der Waals surface area contributed by atoms with Gasteiger partial charge in [-0.25, -0.2) is 4.98 Å².